The van der Waals surface area contributed by atoms with Gasteiger partial charge in [-0.2, -0.15) is 0 Å². The lowest BCUT2D eigenvalue weighted by Crippen LogP contribution is -2.30. The van der Waals surface area contributed by atoms with Gasteiger partial charge in [-0.25, -0.2) is 4.79 Å². The topological polar surface area (TPSA) is 83.6 Å². The Morgan fingerprint density at radius 1 is 1.25 bits per heavy atom. The predicted molar refractivity (Wildman–Crippen MR) is 115 cm³/mol. The van der Waals surface area contributed by atoms with Crippen LogP contribution in [0.5, 0.6) is 0 Å². The molecule has 2 N–H and O–H groups in total. The lowest BCUT2D eigenvalue weighted by Gasteiger charge is -2.17. The molecule has 0 saturated carbocycles. The zero-order valence-corrected chi connectivity index (χ0v) is 18.0. The molecule has 2 aromatic rings. The van der Waals surface area contributed by atoms with Crippen LogP contribution in [0, 0.1) is 6.92 Å². The van der Waals surface area contributed by atoms with E-state index in [-0.39, 0.29) is 5.91 Å². The quantitative estimate of drug-likeness (QED) is 0.526. The van der Waals surface area contributed by atoms with Gasteiger partial charge in [0, 0.05) is 32.0 Å². The van der Waals surface area contributed by atoms with E-state index in [2.05, 4.69) is 15.6 Å². The molecule has 0 aliphatic carbocycles. The molecule has 28 heavy (non-hydrogen) atoms. The number of nitrogens with zero attached hydrogens (tertiary/aromatic N) is 2. The van der Waals surface area contributed by atoms with Gasteiger partial charge in [-0.3, -0.25) is 9.78 Å². The molecule has 0 atom stereocenters. The molecule has 0 fully saturated rings. The molecule has 2 aromatic heterocycles. The van der Waals surface area contributed by atoms with Crippen LogP contribution in [-0.2, 0) is 11.3 Å². The third-order valence-electron chi connectivity index (χ3n) is 4.21. The van der Waals surface area contributed by atoms with Crippen LogP contribution in [0.25, 0.3) is 0 Å². The Bertz CT molecular complexity index is 848. The van der Waals surface area contributed by atoms with Crippen LogP contribution in [0.4, 0.5) is 5.00 Å². The first kappa shape index (κ1) is 21.8. The van der Waals surface area contributed by atoms with Gasteiger partial charge in [-0.15, -0.1) is 11.3 Å². The maximum atomic E-state index is 12.8. The summed E-state index contributed by atoms with van der Waals surface area (Å²) in [6, 6.07) is 3.76. The highest BCUT2D eigenvalue weighted by molar-refractivity contribution is 7.80. The number of nitrogens with one attached hydrogen (secondary N) is 2. The zero-order valence-electron chi connectivity index (χ0n) is 16.4. The van der Waals surface area contributed by atoms with Crippen LogP contribution in [0.1, 0.15) is 45.0 Å². The largest absolute Gasteiger partial charge is 0.465 e. The van der Waals surface area contributed by atoms with Crippen molar-refractivity contribution in [3.63, 3.8) is 0 Å². The Labute approximate surface area is 174 Å². The van der Waals surface area contributed by atoms with Gasteiger partial charge in [0.15, 0.2) is 5.11 Å². The highest BCUT2D eigenvalue weighted by Crippen LogP contribution is 2.34. The summed E-state index contributed by atoms with van der Waals surface area (Å²) < 4.78 is 4.91. The fourth-order valence-electron chi connectivity index (χ4n) is 2.64. The standard InChI is InChI=1S/C19H24N4O3S2/c1-5-23(6-2)17(24)15-12(3)14(18(25)26-4)16(28-15)22-19(27)21-11-13-7-9-20-10-8-13/h7-10H,5-6,11H2,1-4H3,(H2,21,22,27). The number of esters is 1. The van der Waals surface area contributed by atoms with Crippen molar-refractivity contribution in [1.82, 2.24) is 15.2 Å². The van der Waals surface area contributed by atoms with Crippen molar-refractivity contribution in [3.8, 4) is 0 Å². The Kier molecular flexibility index (Phi) is 7.89. The number of hydrogen-bond donors (Lipinski definition) is 2. The van der Waals surface area contributed by atoms with E-state index in [1.165, 1.54) is 18.4 Å². The Morgan fingerprint density at radius 3 is 2.46 bits per heavy atom. The van der Waals surface area contributed by atoms with Gasteiger partial charge in [0.1, 0.15) is 5.00 Å². The molecule has 2 heterocycles. The van der Waals surface area contributed by atoms with E-state index in [0.29, 0.717) is 45.8 Å². The lowest BCUT2D eigenvalue weighted by atomic mass is 10.1. The summed E-state index contributed by atoms with van der Waals surface area (Å²) in [7, 11) is 1.31. The molecular formula is C19H24N4O3S2. The first-order chi connectivity index (χ1) is 13.4. The highest BCUT2D eigenvalue weighted by atomic mass is 32.1. The number of rotatable bonds is 7. The normalized spacial score (nSPS) is 10.3. The Hall–Kier alpha value is -2.52. The number of hydrogen-bond acceptors (Lipinski definition) is 6. The average molecular weight is 421 g/mol. The smallest absolute Gasteiger partial charge is 0.341 e. The first-order valence-electron chi connectivity index (χ1n) is 8.87. The van der Waals surface area contributed by atoms with Crippen molar-refractivity contribution in [2.75, 3.05) is 25.5 Å². The number of ether oxygens (including phenoxy) is 1. The third-order valence-corrected chi connectivity index (χ3v) is 5.65. The van der Waals surface area contributed by atoms with Crippen LogP contribution < -0.4 is 10.6 Å². The lowest BCUT2D eigenvalue weighted by molar-refractivity contribution is 0.0601. The van der Waals surface area contributed by atoms with Gasteiger partial charge >= 0.3 is 5.97 Å². The van der Waals surface area contributed by atoms with E-state index in [4.69, 9.17) is 17.0 Å². The summed E-state index contributed by atoms with van der Waals surface area (Å²) >= 11 is 6.56. The minimum absolute atomic E-state index is 0.110. The van der Waals surface area contributed by atoms with Crippen LogP contribution in [-0.4, -0.2) is 47.1 Å². The van der Waals surface area contributed by atoms with Crippen molar-refractivity contribution in [3.05, 3.63) is 46.1 Å². The van der Waals surface area contributed by atoms with E-state index in [1.807, 2.05) is 26.0 Å². The Balaban J connectivity index is 2.24. The molecule has 0 bridgehead atoms. The summed E-state index contributed by atoms with van der Waals surface area (Å²) in [5.41, 5.74) is 1.94. The van der Waals surface area contributed by atoms with Gasteiger partial charge in [0.2, 0.25) is 0 Å². The van der Waals surface area contributed by atoms with Crippen molar-refractivity contribution in [1.29, 1.82) is 0 Å². The van der Waals surface area contributed by atoms with Crippen molar-refractivity contribution >= 4 is 45.5 Å². The molecule has 9 heteroatoms. The number of thiophene rings is 1. The fourth-order valence-corrected chi connectivity index (χ4v) is 4.04. The van der Waals surface area contributed by atoms with Crippen molar-refractivity contribution < 1.29 is 14.3 Å². The summed E-state index contributed by atoms with van der Waals surface area (Å²) in [5.74, 6) is -0.617. The summed E-state index contributed by atoms with van der Waals surface area (Å²) in [6.07, 6.45) is 3.41. The molecule has 0 unspecified atom stereocenters. The number of amides is 1. The maximum Gasteiger partial charge on any atom is 0.341 e. The first-order valence-corrected chi connectivity index (χ1v) is 10.1. The second-order valence-corrected chi connectivity index (χ2v) is 7.32. The number of carbonyl (C=O) groups is 2. The SMILES string of the molecule is CCN(CC)C(=O)c1sc(NC(=S)NCc2ccncc2)c(C(=O)OC)c1C. The maximum absolute atomic E-state index is 12.8. The van der Waals surface area contributed by atoms with E-state index in [1.54, 1.807) is 24.2 Å². The summed E-state index contributed by atoms with van der Waals surface area (Å²) in [4.78, 5) is 31.3. The van der Waals surface area contributed by atoms with E-state index in [0.717, 1.165) is 5.56 Å². The van der Waals surface area contributed by atoms with Crippen molar-refractivity contribution in [2.24, 2.45) is 0 Å². The van der Waals surface area contributed by atoms with Gasteiger partial charge in [0.05, 0.1) is 17.6 Å². The molecule has 2 rings (SSSR count). The molecular weight excluding hydrogens is 396 g/mol. The molecule has 0 aliphatic rings. The van der Waals surface area contributed by atoms with E-state index in [9.17, 15) is 9.59 Å². The second kappa shape index (κ2) is 10.1. The molecule has 7 nitrogen and oxygen atoms in total. The number of anilines is 1. The molecule has 0 aromatic carbocycles. The minimum Gasteiger partial charge on any atom is -0.465 e. The average Bonchev–Trinajstić information content (AvgIpc) is 3.03. The van der Waals surface area contributed by atoms with E-state index < -0.39 is 5.97 Å². The zero-order chi connectivity index (χ0) is 20.7. The van der Waals surface area contributed by atoms with Gasteiger partial charge in [-0.1, -0.05) is 0 Å². The second-order valence-electron chi connectivity index (χ2n) is 5.89. The molecule has 150 valence electrons. The number of pyridine rings is 1. The third kappa shape index (κ3) is 5.05. The molecule has 1 amide bonds. The van der Waals surface area contributed by atoms with Crippen LogP contribution >= 0.6 is 23.6 Å². The monoisotopic (exact) mass is 420 g/mol. The molecule has 0 spiro atoms. The number of carbonyl (C=O) groups excluding carboxylic acids is 2. The fraction of sp³-hybridized carbons (Fsp3) is 0.368. The highest BCUT2D eigenvalue weighted by Gasteiger charge is 2.27. The van der Waals surface area contributed by atoms with Gasteiger partial charge < -0.3 is 20.3 Å². The van der Waals surface area contributed by atoms with E-state index >= 15 is 0 Å². The van der Waals surface area contributed by atoms with Gasteiger partial charge in [0.25, 0.3) is 5.91 Å². The van der Waals surface area contributed by atoms with Gasteiger partial charge in [-0.05, 0) is 56.2 Å². The summed E-state index contributed by atoms with van der Waals surface area (Å²) in [6.45, 7) is 7.28. The number of thiocarbonyl (C=S) groups is 1. The minimum atomic E-state index is -0.508. The predicted octanol–water partition coefficient (Wildman–Crippen LogP) is 3.21. The summed E-state index contributed by atoms with van der Waals surface area (Å²) in [5, 5.41) is 6.97. The van der Waals surface area contributed by atoms with Crippen LogP contribution in [0.3, 0.4) is 0 Å². The number of methoxy groups -OCH3 is 1. The Morgan fingerprint density at radius 2 is 1.89 bits per heavy atom. The van der Waals surface area contributed by atoms with Crippen LogP contribution in [0.15, 0.2) is 24.5 Å². The number of aromatic nitrogens is 1. The molecule has 0 aliphatic heterocycles. The van der Waals surface area contributed by atoms with Crippen molar-refractivity contribution in [2.45, 2.75) is 27.3 Å². The van der Waals surface area contributed by atoms with Crippen LogP contribution in [0.2, 0.25) is 0 Å². The molecule has 0 saturated heterocycles. The molecule has 0 radical (unpaired) electrons.